The second-order valence-corrected chi connectivity index (χ2v) is 3.91. The van der Waals surface area contributed by atoms with Crippen LogP contribution in [0, 0.1) is 6.92 Å². The number of hydrogen-bond acceptors (Lipinski definition) is 2. The zero-order valence-electron chi connectivity index (χ0n) is 9.57. The van der Waals surface area contributed by atoms with Crippen molar-refractivity contribution in [3.63, 3.8) is 0 Å². The van der Waals surface area contributed by atoms with Gasteiger partial charge in [-0.3, -0.25) is 0 Å². The van der Waals surface area contributed by atoms with Crippen molar-refractivity contribution in [3.8, 4) is 5.69 Å². The van der Waals surface area contributed by atoms with Crippen LogP contribution in [-0.4, -0.2) is 14.9 Å². The van der Waals surface area contributed by atoms with Gasteiger partial charge >= 0.3 is 6.18 Å². The van der Waals surface area contributed by atoms with Crippen molar-refractivity contribution in [2.45, 2.75) is 19.7 Å². The van der Waals surface area contributed by atoms with Crippen LogP contribution in [0.2, 0.25) is 0 Å². The number of aliphatic hydroxyl groups is 1. The SMILES string of the molecule is Cc1cc(C(F)(F)F)n(-c2ccc(CO)cc2)n1. The number of nitrogens with zero attached hydrogens (tertiary/aromatic N) is 2. The Hall–Kier alpha value is -1.82. The summed E-state index contributed by atoms with van der Waals surface area (Å²) in [6, 6.07) is 7.11. The molecule has 0 saturated carbocycles. The summed E-state index contributed by atoms with van der Waals surface area (Å²) in [6.07, 6.45) is -4.45. The predicted molar refractivity (Wildman–Crippen MR) is 59.2 cm³/mol. The number of halogens is 3. The summed E-state index contributed by atoms with van der Waals surface area (Å²) in [6.45, 7) is 1.36. The molecule has 3 nitrogen and oxygen atoms in total. The van der Waals surface area contributed by atoms with Gasteiger partial charge in [0.05, 0.1) is 18.0 Å². The maximum absolute atomic E-state index is 12.8. The minimum atomic E-state index is -4.45. The molecule has 0 aliphatic carbocycles. The zero-order valence-corrected chi connectivity index (χ0v) is 9.57. The molecule has 0 bridgehead atoms. The molecule has 1 heterocycles. The van der Waals surface area contributed by atoms with E-state index in [9.17, 15) is 13.2 Å². The summed E-state index contributed by atoms with van der Waals surface area (Å²) in [7, 11) is 0. The molecule has 0 radical (unpaired) electrons. The monoisotopic (exact) mass is 256 g/mol. The number of rotatable bonds is 2. The van der Waals surface area contributed by atoms with Gasteiger partial charge in [0.25, 0.3) is 0 Å². The Morgan fingerprint density at radius 1 is 1.22 bits per heavy atom. The van der Waals surface area contributed by atoms with Crippen LogP contribution in [-0.2, 0) is 12.8 Å². The molecular formula is C12H11F3N2O. The molecule has 0 atom stereocenters. The first-order valence-corrected chi connectivity index (χ1v) is 5.26. The Balaban J connectivity index is 2.49. The van der Waals surface area contributed by atoms with E-state index in [1.54, 1.807) is 12.1 Å². The molecule has 0 saturated heterocycles. The standard InChI is InChI=1S/C12H11F3N2O/c1-8-6-11(12(13,14)15)17(16-8)10-4-2-9(7-18)3-5-10/h2-6,18H,7H2,1H3. The summed E-state index contributed by atoms with van der Waals surface area (Å²) in [5.41, 5.74) is 0.439. The topological polar surface area (TPSA) is 38.0 Å². The van der Waals surface area contributed by atoms with E-state index in [4.69, 9.17) is 5.11 Å². The van der Waals surface area contributed by atoms with Crippen LogP contribution >= 0.6 is 0 Å². The van der Waals surface area contributed by atoms with Crippen LogP contribution in [0.5, 0.6) is 0 Å². The molecule has 1 aromatic carbocycles. The van der Waals surface area contributed by atoms with Crippen LogP contribution in [0.1, 0.15) is 17.0 Å². The minimum Gasteiger partial charge on any atom is -0.392 e. The molecule has 0 unspecified atom stereocenters. The third-order valence-corrected chi connectivity index (χ3v) is 2.49. The smallest absolute Gasteiger partial charge is 0.392 e. The number of hydrogen-bond donors (Lipinski definition) is 1. The van der Waals surface area contributed by atoms with E-state index in [1.807, 2.05) is 0 Å². The first-order chi connectivity index (χ1) is 8.41. The number of aliphatic hydroxyl groups excluding tert-OH is 1. The van der Waals surface area contributed by atoms with E-state index in [0.29, 0.717) is 16.9 Å². The van der Waals surface area contributed by atoms with Gasteiger partial charge in [-0.2, -0.15) is 18.3 Å². The summed E-state index contributed by atoms with van der Waals surface area (Å²) in [4.78, 5) is 0. The second kappa shape index (κ2) is 4.45. The third kappa shape index (κ3) is 2.38. The quantitative estimate of drug-likeness (QED) is 0.897. The van der Waals surface area contributed by atoms with Gasteiger partial charge in [-0.15, -0.1) is 0 Å². The van der Waals surface area contributed by atoms with Gasteiger partial charge in [-0.05, 0) is 30.7 Å². The fourth-order valence-electron chi connectivity index (χ4n) is 1.64. The number of benzene rings is 1. The van der Waals surface area contributed by atoms with Gasteiger partial charge < -0.3 is 5.11 Å². The van der Waals surface area contributed by atoms with Gasteiger partial charge in [-0.1, -0.05) is 12.1 Å². The van der Waals surface area contributed by atoms with Gasteiger partial charge in [0.1, 0.15) is 5.69 Å². The Labute approximate surface area is 101 Å². The van der Waals surface area contributed by atoms with E-state index in [-0.39, 0.29) is 6.61 Å². The number of aromatic nitrogens is 2. The fourth-order valence-corrected chi connectivity index (χ4v) is 1.64. The lowest BCUT2D eigenvalue weighted by atomic mass is 10.2. The van der Waals surface area contributed by atoms with E-state index in [2.05, 4.69) is 5.10 Å². The highest BCUT2D eigenvalue weighted by Gasteiger charge is 2.35. The molecule has 18 heavy (non-hydrogen) atoms. The first-order valence-electron chi connectivity index (χ1n) is 5.26. The van der Waals surface area contributed by atoms with E-state index in [1.165, 1.54) is 19.1 Å². The molecule has 2 rings (SSSR count). The van der Waals surface area contributed by atoms with Crippen molar-refractivity contribution in [1.82, 2.24) is 9.78 Å². The minimum absolute atomic E-state index is 0.148. The number of aryl methyl sites for hydroxylation is 1. The Morgan fingerprint density at radius 3 is 2.33 bits per heavy atom. The lowest BCUT2D eigenvalue weighted by Gasteiger charge is -2.10. The number of alkyl halides is 3. The molecule has 6 heteroatoms. The summed E-state index contributed by atoms with van der Waals surface area (Å²) >= 11 is 0. The van der Waals surface area contributed by atoms with Crippen LogP contribution in [0.3, 0.4) is 0 Å². The molecule has 0 fully saturated rings. The Kier molecular flexibility index (Phi) is 3.13. The molecule has 0 aliphatic heterocycles. The van der Waals surface area contributed by atoms with Crippen molar-refractivity contribution in [1.29, 1.82) is 0 Å². The summed E-state index contributed by atoms with van der Waals surface area (Å²) in [5, 5.41) is 12.7. The van der Waals surface area contributed by atoms with Gasteiger partial charge in [-0.25, -0.2) is 4.68 Å². The van der Waals surface area contributed by atoms with Gasteiger partial charge in [0.2, 0.25) is 0 Å². The molecule has 0 spiro atoms. The van der Waals surface area contributed by atoms with E-state index in [0.717, 1.165) is 10.7 Å². The average Bonchev–Trinajstić information content (AvgIpc) is 2.71. The molecule has 0 amide bonds. The molecular weight excluding hydrogens is 245 g/mol. The predicted octanol–water partition coefficient (Wildman–Crippen LogP) is 2.69. The van der Waals surface area contributed by atoms with Crippen molar-refractivity contribution in [3.05, 3.63) is 47.3 Å². The van der Waals surface area contributed by atoms with Crippen molar-refractivity contribution in [2.24, 2.45) is 0 Å². The van der Waals surface area contributed by atoms with Crippen molar-refractivity contribution in [2.75, 3.05) is 0 Å². The largest absolute Gasteiger partial charge is 0.433 e. The molecule has 96 valence electrons. The van der Waals surface area contributed by atoms with Crippen LogP contribution in [0.25, 0.3) is 5.69 Å². The van der Waals surface area contributed by atoms with Crippen molar-refractivity contribution >= 4 is 0 Å². The average molecular weight is 256 g/mol. The van der Waals surface area contributed by atoms with Crippen LogP contribution in [0.15, 0.2) is 30.3 Å². The molecule has 2 aromatic rings. The highest BCUT2D eigenvalue weighted by atomic mass is 19.4. The highest BCUT2D eigenvalue weighted by molar-refractivity contribution is 5.36. The first kappa shape index (κ1) is 12.6. The van der Waals surface area contributed by atoms with Gasteiger partial charge in [0, 0.05) is 0 Å². The van der Waals surface area contributed by atoms with E-state index >= 15 is 0 Å². The zero-order chi connectivity index (χ0) is 13.3. The van der Waals surface area contributed by atoms with Crippen molar-refractivity contribution < 1.29 is 18.3 Å². The maximum atomic E-state index is 12.8. The van der Waals surface area contributed by atoms with Crippen LogP contribution < -0.4 is 0 Å². The summed E-state index contributed by atoms with van der Waals surface area (Å²) in [5.74, 6) is 0. The lowest BCUT2D eigenvalue weighted by molar-refractivity contribution is -0.142. The van der Waals surface area contributed by atoms with Crippen LogP contribution in [0.4, 0.5) is 13.2 Å². The fraction of sp³-hybridized carbons (Fsp3) is 0.250. The Bertz CT molecular complexity index is 543. The van der Waals surface area contributed by atoms with E-state index < -0.39 is 11.9 Å². The highest BCUT2D eigenvalue weighted by Crippen LogP contribution is 2.31. The molecule has 0 aliphatic rings. The maximum Gasteiger partial charge on any atom is 0.433 e. The summed E-state index contributed by atoms with van der Waals surface area (Å²) < 4.78 is 39.2. The lowest BCUT2D eigenvalue weighted by Crippen LogP contribution is -2.13. The Morgan fingerprint density at radius 2 is 1.83 bits per heavy atom. The molecule has 1 N–H and O–H groups in total. The van der Waals surface area contributed by atoms with Gasteiger partial charge in [0.15, 0.2) is 0 Å². The normalized spacial score (nSPS) is 11.8. The second-order valence-electron chi connectivity index (χ2n) is 3.91. The molecule has 1 aromatic heterocycles. The third-order valence-electron chi connectivity index (χ3n) is 2.49.